The second kappa shape index (κ2) is 15.1. The molecule has 0 spiro atoms. The molecule has 2 amide bonds. The number of carbonyl (C=O) groups excluding carboxylic acids is 1. The van der Waals surface area contributed by atoms with Gasteiger partial charge in [0, 0.05) is 55.4 Å². The van der Waals surface area contributed by atoms with E-state index in [4.69, 9.17) is 14.0 Å². The van der Waals surface area contributed by atoms with Gasteiger partial charge in [0.1, 0.15) is 45.4 Å². The van der Waals surface area contributed by atoms with Crippen molar-refractivity contribution in [3.63, 3.8) is 0 Å². The number of aromatic nitrogens is 2. The minimum atomic E-state index is -3.04. The number of piperidine rings is 1. The number of hydroxylamine groups is 1. The van der Waals surface area contributed by atoms with Crippen LogP contribution in [0.25, 0.3) is 22.2 Å². The number of hydrogen-bond donors (Lipinski definition) is 3. The van der Waals surface area contributed by atoms with Gasteiger partial charge in [0.25, 0.3) is 0 Å². The highest BCUT2D eigenvalue weighted by molar-refractivity contribution is 7.90. The van der Waals surface area contributed by atoms with E-state index in [-0.39, 0.29) is 11.9 Å². The number of hydrogen-bond acceptors (Lipinski definition) is 10. The van der Waals surface area contributed by atoms with Gasteiger partial charge in [-0.25, -0.2) is 32.0 Å². The molecular formula is C35H36F2N6O6S. The van der Waals surface area contributed by atoms with E-state index in [0.29, 0.717) is 62.1 Å². The van der Waals surface area contributed by atoms with Gasteiger partial charge in [0.15, 0.2) is 11.6 Å². The van der Waals surface area contributed by atoms with Gasteiger partial charge < -0.3 is 29.5 Å². The number of anilines is 2. The molecule has 0 atom stereocenters. The highest BCUT2D eigenvalue weighted by atomic mass is 32.2. The molecule has 0 saturated carbocycles. The molecule has 3 N–H and O–H groups in total. The molecule has 0 radical (unpaired) electrons. The van der Waals surface area contributed by atoms with E-state index < -0.39 is 33.3 Å². The number of urea groups is 1. The number of carbonyl (C=O) groups is 1. The number of nitrogens with zero attached hydrogens (tertiary/aromatic N) is 3. The molecule has 1 saturated heterocycles. The third-order valence-electron chi connectivity index (χ3n) is 8.15. The van der Waals surface area contributed by atoms with Crippen molar-refractivity contribution in [3.8, 4) is 22.8 Å². The number of para-hydroxylation sites is 1. The molecule has 15 heteroatoms. The van der Waals surface area contributed by atoms with Crippen LogP contribution < -0.4 is 25.7 Å². The van der Waals surface area contributed by atoms with E-state index in [1.165, 1.54) is 23.5 Å². The molecule has 3 aromatic carbocycles. The average molecular weight is 707 g/mol. The van der Waals surface area contributed by atoms with Gasteiger partial charge in [-0.3, -0.25) is 0 Å². The minimum Gasteiger partial charge on any atom is -0.490 e. The Hall–Kier alpha value is -5.28. The molecule has 0 unspecified atom stereocenters. The summed E-state index contributed by atoms with van der Waals surface area (Å²) in [4.78, 5) is 27.8. The summed E-state index contributed by atoms with van der Waals surface area (Å²) in [5.74, 6) is 0.252. The van der Waals surface area contributed by atoms with Crippen LogP contribution in [-0.2, 0) is 16.4 Å². The van der Waals surface area contributed by atoms with Crippen molar-refractivity contribution in [2.45, 2.75) is 32.4 Å². The lowest BCUT2D eigenvalue weighted by atomic mass is 10.1. The maximum atomic E-state index is 13.8. The SMILES string of the molecule is Cc1cc(Nc2ncnc3ccc(-c4ccc(CNCCS(C)(=O)=O)o4)cc23)ccc1OC1CCN(C(=O)NOc2c(F)cccc2F)CC1. The standard InChI is InChI=1S/C35H36F2N6O6S/c1-22-18-24(7-10-31(22)47-25-12-15-43(16-13-25)35(44)42-49-33-28(36)4-3-5-29(33)37)41-34-27-19-23(6-9-30(27)39-21-40-34)32-11-8-26(48-32)20-38-14-17-50(2,45)46/h3-11,18-19,21,25,38H,12-17,20H2,1-2H3,(H,42,44)(H,39,40,41). The van der Waals surface area contributed by atoms with E-state index in [0.717, 1.165) is 39.8 Å². The zero-order valence-electron chi connectivity index (χ0n) is 27.4. The molecule has 50 heavy (non-hydrogen) atoms. The van der Waals surface area contributed by atoms with Gasteiger partial charge in [-0.1, -0.05) is 6.07 Å². The first-order valence-corrected chi connectivity index (χ1v) is 18.0. The van der Waals surface area contributed by atoms with E-state index in [2.05, 4.69) is 26.1 Å². The predicted molar refractivity (Wildman–Crippen MR) is 184 cm³/mol. The Kier molecular flexibility index (Phi) is 10.4. The lowest BCUT2D eigenvalue weighted by Crippen LogP contribution is -2.47. The van der Waals surface area contributed by atoms with E-state index in [1.807, 2.05) is 55.5 Å². The third kappa shape index (κ3) is 8.65. The average Bonchev–Trinajstić information content (AvgIpc) is 3.56. The van der Waals surface area contributed by atoms with Crippen LogP contribution in [0.5, 0.6) is 11.5 Å². The number of fused-ring (bicyclic) bond motifs is 1. The second-order valence-corrected chi connectivity index (χ2v) is 14.3. The molecular weight excluding hydrogens is 670 g/mol. The highest BCUT2D eigenvalue weighted by Gasteiger charge is 2.25. The van der Waals surface area contributed by atoms with Crippen molar-refractivity contribution in [1.82, 2.24) is 25.7 Å². The number of rotatable bonds is 12. The van der Waals surface area contributed by atoms with Gasteiger partial charge >= 0.3 is 6.03 Å². The lowest BCUT2D eigenvalue weighted by Gasteiger charge is -2.32. The zero-order chi connectivity index (χ0) is 35.3. The molecule has 0 aliphatic carbocycles. The Labute approximate surface area is 287 Å². The number of halogens is 2. The van der Waals surface area contributed by atoms with E-state index >= 15 is 0 Å². The Morgan fingerprint density at radius 3 is 2.54 bits per heavy atom. The summed E-state index contributed by atoms with van der Waals surface area (Å²) in [7, 11) is -3.04. The summed E-state index contributed by atoms with van der Waals surface area (Å²) in [5.41, 5.74) is 5.42. The van der Waals surface area contributed by atoms with Gasteiger partial charge in [-0.05, 0) is 73.2 Å². The first-order valence-electron chi connectivity index (χ1n) is 15.9. The molecule has 1 aliphatic rings. The summed E-state index contributed by atoms with van der Waals surface area (Å²) < 4.78 is 62.6. The van der Waals surface area contributed by atoms with E-state index in [9.17, 15) is 22.0 Å². The molecule has 12 nitrogen and oxygen atoms in total. The molecule has 1 fully saturated rings. The van der Waals surface area contributed by atoms with Gasteiger partial charge in [0.2, 0.25) is 5.75 Å². The Morgan fingerprint density at radius 1 is 1.02 bits per heavy atom. The van der Waals surface area contributed by atoms with Crippen LogP contribution in [0, 0.1) is 18.6 Å². The largest absolute Gasteiger partial charge is 0.490 e. The fourth-order valence-corrected chi connectivity index (χ4v) is 6.01. The molecule has 5 aromatic rings. The summed E-state index contributed by atoms with van der Waals surface area (Å²) in [6.45, 7) is 3.45. The van der Waals surface area contributed by atoms with Crippen LogP contribution in [0.15, 0.2) is 77.5 Å². The highest BCUT2D eigenvalue weighted by Crippen LogP contribution is 2.32. The molecule has 0 bridgehead atoms. The number of benzene rings is 3. The Balaban J connectivity index is 1.04. The summed E-state index contributed by atoms with van der Waals surface area (Å²) in [6.07, 6.45) is 3.70. The normalized spacial score (nSPS) is 13.7. The quantitative estimate of drug-likeness (QED) is 0.106. The number of sulfone groups is 1. The fourth-order valence-electron chi connectivity index (χ4n) is 5.50. The van der Waals surface area contributed by atoms with Crippen molar-refractivity contribution >= 4 is 38.3 Å². The summed E-state index contributed by atoms with van der Waals surface area (Å²) in [6, 6.07) is 18.0. The maximum absolute atomic E-state index is 13.8. The van der Waals surface area contributed by atoms with Gasteiger partial charge in [-0.2, -0.15) is 5.48 Å². The molecule has 1 aliphatic heterocycles. The number of nitrogens with one attached hydrogen (secondary N) is 3. The van der Waals surface area contributed by atoms with Crippen LogP contribution in [0.1, 0.15) is 24.2 Å². The van der Waals surface area contributed by atoms with Gasteiger partial charge in [0.05, 0.1) is 17.8 Å². The van der Waals surface area contributed by atoms with Crippen molar-refractivity contribution in [1.29, 1.82) is 0 Å². The number of furan rings is 1. The van der Waals surface area contributed by atoms with Crippen LogP contribution in [0.4, 0.5) is 25.1 Å². The zero-order valence-corrected chi connectivity index (χ0v) is 28.2. The molecule has 3 heterocycles. The maximum Gasteiger partial charge on any atom is 0.350 e. The Morgan fingerprint density at radius 2 is 1.80 bits per heavy atom. The molecule has 2 aromatic heterocycles. The number of likely N-dealkylation sites (tertiary alicyclic amines) is 1. The monoisotopic (exact) mass is 706 g/mol. The van der Waals surface area contributed by atoms with Crippen LogP contribution >= 0.6 is 0 Å². The predicted octanol–water partition coefficient (Wildman–Crippen LogP) is 5.90. The van der Waals surface area contributed by atoms with E-state index in [1.54, 1.807) is 0 Å². The fraction of sp³-hybridized carbons (Fsp3) is 0.286. The van der Waals surface area contributed by atoms with Crippen LogP contribution in [-0.4, -0.2) is 67.1 Å². The lowest BCUT2D eigenvalue weighted by molar-refractivity contribution is 0.0917. The van der Waals surface area contributed by atoms with Crippen molar-refractivity contribution < 1.29 is 36.0 Å². The van der Waals surface area contributed by atoms with Crippen molar-refractivity contribution in [2.75, 3.05) is 37.0 Å². The minimum absolute atomic E-state index is 0.0562. The molecule has 262 valence electrons. The first kappa shape index (κ1) is 34.6. The molecule has 6 rings (SSSR count). The van der Waals surface area contributed by atoms with Crippen LogP contribution in [0.2, 0.25) is 0 Å². The third-order valence-corrected chi connectivity index (χ3v) is 9.10. The topological polar surface area (TPSA) is 148 Å². The first-order chi connectivity index (χ1) is 24.0. The smallest absolute Gasteiger partial charge is 0.350 e. The van der Waals surface area contributed by atoms with Crippen LogP contribution in [0.3, 0.4) is 0 Å². The summed E-state index contributed by atoms with van der Waals surface area (Å²) in [5, 5.41) is 7.28. The number of ether oxygens (including phenoxy) is 1. The number of aryl methyl sites for hydroxylation is 1. The van der Waals surface area contributed by atoms with Crippen molar-refractivity contribution in [3.05, 3.63) is 96.0 Å². The number of amides is 2. The second-order valence-electron chi connectivity index (χ2n) is 12.0. The van der Waals surface area contributed by atoms with Crippen molar-refractivity contribution in [2.24, 2.45) is 0 Å². The van der Waals surface area contributed by atoms with Gasteiger partial charge in [-0.15, -0.1) is 0 Å². The Bertz CT molecular complexity index is 2080. The summed E-state index contributed by atoms with van der Waals surface area (Å²) >= 11 is 0.